The molecule has 1 aromatic rings. The number of carboxylic acid groups (broad SMARTS) is 1. The highest BCUT2D eigenvalue weighted by Gasteiger charge is 2.20. The SMILES string of the molecule is CCOC(=O)/C=C/C[C@@H](NC(=O)c1cc(Br)cc(Br)c1)C(=O)O. The zero-order chi connectivity index (χ0) is 17.4. The van der Waals surface area contributed by atoms with Crippen molar-refractivity contribution in [1.29, 1.82) is 0 Å². The number of amides is 1. The average Bonchev–Trinajstić information content (AvgIpc) is 2.45. The Balaban J connectivity index is 2.73. The number of aliphatic carboxylic acids is 1. The fourth-order valence-electron chi connectivity index (χ4n) is 1.64. The lowest BCUT2D eigenvalue weighted by molar-refractivity contribution is -0.139. The van der Waals surface area contributed by atoms with Gasteiger partial charge in [-0.2, -0.15) is 0 Å². The van der Waals surface area contributed by atoms with Gasteiger partial charge >= 0.3 is 11.9 Å². The summed E-state index contributed by atoms with van der Waals surface area (Å²) >= 11 is 6.52. The molecule has 1 amide bonds. The number of hydrogen-bond donors (Lipinski definition) is 2. The van der Waals surface area contributed by atoms with Crippen LogP contribution >= 0.6 is 31.9 Å². The zero-order valence-electron chi connectivity index (χ0n) is 12.2. The largest absolute Gasteiger partial charge is 0.480 e. The number of esters is 1. The topological polar surface area (TPSA) is 92.7 Å². The van der Waals surface area contributed by atoms with E-state index in [1.54, 1.807) is 25.1 Å². The first kappa shape index (κ1) is 19.4. The number of carbonyl (C=O) groups is 3. The van der Waals surface area contributed by atoms with E-state index in [9.17, 15) is 14.4 Å². The second-order valence-electron chi connectivity index (χ2n) is 4.41. The summed E-state index contributed by atoms with van der Waals surface area (Å²) in [4.78, 5) is 34.5. The minimum atomic E-state index is -1.19. The summed E-state index contributed by atoms with van der Waals surface area (Å²) in [5.74, 6) is -2.27. The Morgan fingerprint density at radius 2 is 1.87 bits per heavy atom. The van der Waals surface area contributed by atoms with Gasteiger partial charge in [0, 0.05) is 20.6 Å². The van der Waals surface area contributed by atoms with Gasteiger partial charge in [-0.25, -0.2) is 9.59 Å². The van der Waals surface area contributed by atoms with Crippen LogP contribution in [0.4, 0.5) is 0 Å². The Labute approximate surface area is 150 Å². The van der Waals surface area contributed by atoms with Crippen LogP contribution in [0.1, 0.15) is 23.7 Å². The fourth-order valence-corrected chi connectivity index (χ4v) is 2.93. The molecule has 0 aliphatic heterocycles. The van der Waals surface area contributed by atoms with Crippen LogP contribution in [0.3, 0.4) is 0 Å². The summed E-state index contributed by atoms with van der Waals surface area (Å²) in [5, 5.41) is 11.6. The van der Waals surface area contributed by atoms with E-state index in [0.717, 1.165) is 6.08 Å². The van der Waals surface area contributed by atoms with E-state index in [2.05, 4.69) is 41.9 Å². The molecule has 1 aromatic carbocycles. The van der Waals surface area contributed by atoms with E-state index >= 15 is 0 Å². The van der Waals surface area contributed by atoms with Gasteiger partial charge in [0.25, 0.3) is 5.91 Å². The van der Waals surface area contributed by atoms with Gasteiger partial charge in [0.2, 0.25) is 0 Å². The Kier molecular flexibility index (Phi) is 7.97. The van der Waals surface area contributed by atoms with Crippen molar-refractivity contribution in [2.24, 2.45) is 0 Å². The maximum atomic E-state index is 12.1. The first-order valence-corrected chi connectivity index (χ1v) is 8.25. The molecule has 0 aromatic heterocycles. The number of benzene rings is 1. The second kappa shape index (κ2) is 9.46. The van der Waals surface area contributed by atoms with Crippen molar-refractivity contribution >= 4 is 49.7 Å². The predicted molar refractivity (Wildman–Crippen MR) is 91.1 cm³/mol. The van der Waals surface area contributed by atoms with Crippen molar-refractivity contribution in [3.63, 3.8) is 0 Å². The van der Waals surface area contributed by atoms with Crippen LogP contribution in [-0.4, -0.2) is 35.6 Å². The second-order valence-corrected chi connectivity index (χ2v) is 6.24. The van der Waals surface area contributed by atoms with Crippen molar-refractivity contribution in [3.05, 3.63) is 44.9 Å². The molecule has 0 saturated carbocycles. The first-order valence-electron chi connectivity index (χ1n) is 6.66. The molecule has 23 heavy (non-hydrogen) atoms. The van der Waals surface area contributed by atoms with Gasteiger partial charge in [-0.3, -0.25) is 4.79 Å². The molecule has 1 rings (SSSR count). The molecule has 0 bridgehead atoms. The number of nitrogens with one attached hydrogen (secondary N) is 1. The van der Waals surface area contributed by atoms with Gasteiger partial charge in [-0.1, -0.05) is 37.9 Å². The minimum absolute atomic E-state index is 0.0327. The number of hydrogen-bond acceptors (Lipinski definition) is 4. The van der Waals surface area contributed by atoms with E-state index in [4.69, 9.17) is 5.11 Å². The molecule has 0 spiro atoms. The molecular formula is C15H15Br2NO5. The molecule has 124 valence electrons. The summed E-state index contributed by atoms with van der Waals surface area (Å²) in [5.41, 5.74) is 0.312. The van der Waals surface area contributed by atoms with Crippen LogP contribution in [0.2, 0.25) is 0 Å². The van der Waals surface area contributed by atoms with E-state index < -0.39 is 23.9 Å². The quantitative estimate of drug-likeness (QED) is 0.494. The van der Waals surface area contributed by atoms with E-state index in [-0.39, 0.29) is 13.0 Å². The summed E-state index contributed by atoms with van der Waals surface area (Å²) in [6.07, 6.45) is 2.46. The van der Waals surface area contributed by atoms with Crippen LogP contribution in [-0.2, 0) is 14.3 Å². The Hall–Kier alpha value is -1.67. The summed E-state index contributed by atoms with van der Waals surface area (Å²) in [7, 11) is 0. The Morgan fingerprint density at radius 3 is 2.39 bits per heavy atom. The number of ether oxygens (including phenoxy) is 1. The number of halogens is 2. The molecule has 0 radical (unpaired) electrons. The molecule has 0 fully saturated rings. The van der Waals surface area contributed by atoms with Crippen LogP contribution in [0.25, 0.3) is 0 Å². The van der Waals surface area contributed by atoms with Crippen LogP contribution in [0.5, 0.6) is 0 Å². The lowest BCUT2D eigenvalue weighted by Crippen LogP contribution is -2.40. The van der Waals surface area contributed by atoms with Crippen molar-refractivity contribution < 1.29 is 24.2 Å². The monoisotopic (exact) mass is 447 g/mol. The molecule has 1 atom stereocenters. The average molecular weight is 449 g/mol. The maximum absolute atomic E-state index is 12.1. The van der Waals surface area contributed by atoms with Crippen LogP contribution < -0.4 is 5.32 Å². The lowest BCUT2D eigenvalue weighted by atomic mass is 10.1. The number of carboxylic acids is 1. The van der Waals surface area contributed by atoms with Crippen LogP contribution in [0, 0.1) is 0 Å². The summed E-state index contributed by atoms with van der Waals surface area (Å²) < 4.78 is 6.06. The standard InChI is InChI=1S/C15H15Br2NO5/c1-2-23-13(19)5-3-4-12(15(21)22)18-14(20)9-6-10(16)8-11(17)7-9/h3,5-8,12H,2,4H2,1H3,(H,18,20)(H,21,22)/b5-3+/t12-/m1/s1. The van der Waals surface area contributed by atoms with Gasteiger partial charge in [-0.15, -0.1) is 0 Å². The van der Waals surface area contributed by atoms with E-state index in [1.807, 2.05) is 0 Å². The third-order valence-corrected chi connectivity index (χ3v) is 3.56. The number of carbonyl (C=O) groups excluding carboxylic acids is 2. The van der Waals surface area contributed by atoms with Gasteiger partial charge < -0.3 is 15.2 Å². The minimum Gasteiger partial charge on any atom is -0.480 e. The smallest absolute Gasteiger partial charge is 0.330 e. The number of rotatable bonds is 7. The van der Waals surface area contributed by atoms with Gasteiger partial charge in [0.1, 0.15) is 6.04 Å². The third kappa shape index (κ3) is 6.96. The van der Waals surface area contributed by atoms with Crippen molar-refractivity contribution in [2.75, 3.05) is 6.61 Å². The van der Waals surface area contributed by atoms with Crippen LogP contribution in [0.15, 0.2) is 39.3 Å². The van der Waals surface area contributed by atoms with Gasteiger partial charge in [0.15, 0.2) is 0 Å². The highest BCUT2D eigenvalue weighted by Crippen LogP contribution is 2.20. The Morgan fingerprint density at radius 1 is 1.26 bits per heavy atom. The summed E-state index contributed by atoms with van der Waals surface area (Å²) in [6.45, 7) is 1.90. The zero-order valence-corrected chi connectivity index (χ0v) is 15.4. The van der Waals surface area contributed by atoms with Crippen molar-refractivity contribution in [3.8, 4) is 0 Å². The first-order chi connectivity index (χ1) is 10.8. The van der Waals surface area contributed by atoms with E-state index in [0.29, 0.717) is 14.5 Å². The fraction of sp³-hybridized carbons (Fsp3) is 0.267. The molecule has 0 heterocycles. The molecule has 0 saturated heterocycles. The molecule has 0 aliphatic rings. The Bertz CT molecular complexity index is 610. The normalized spacial score (nSPS) is 12.0. The predicted octanol–water partition coefficient (Wildman–Crippen LogP) is 2.90. The van der Waals surface area contributed by atoms with Crippen molar-refractivity contribution in [1.82, 2.24) is 5.32 Å². The van der Waals surface area contributed by atoms with E-state index in [1.165, 1.54) is 6.08 Å². The summed E-state index contributed by atoms with van der Waals surface area (Å²) in [6, 6.07) is 3.76. The molecular weight excluding hydrogens is 434 g/mol. The van der Waals surface area contributed by atoms with Gasteiger partial charge in [0.05, 0.1) is 6.61 Å². The highest BCUT2D eigenvalue weighted by molar-refractivity contribution is 9.11. The lowest BCUT2D eigenvalue weighted by Gasteiger charge is -2.13. The molecule has 6 nitrogen and oxygen atoms in total. The van der Waals surface area contributed by atoms with Gasteiger partial charge in [-0.05, 0) is 31.5 Å². The maximum Gasteiger partial charge on any atom is 0.330 e. The molecule has 0 aliphatic carbocycles. The molecule has 0 unspecified atom stereocenters. The third-order valence-electron chi connectivity index (χ3n) is 2.64. The van der Waals surface area contributed by atoms with Crippen molar-refractivity contribution in [2.45, 2.75) is 19.4 Å². The highest BCUT2D eigenvalue weighted by atomic mass is 79.9. The molecule has 2 N–H and O–H groups in total. The molecule has 8 heteroatoms.